The molecule has 6 nitrogen and oxygen atoms in total. The fraction of sp³-hybridized carbons (Fsp3) is 0.333. The number of halogens is 1. The van der Waals surface area contributed by atoms with E-state index >= 15 is 0 Å². The third-order valence-electron chi connectivity index (χ3n) is 5.74. The molecule has 2 heterocycles. The van der Waals surface area contributed by atoms with E-state index in [1.165, 1.54) is 24.1 Å². The largest absolute Gasteiger partial charge is 0.493 e. The average molecular weight is 424 g/mol. The number of piperidine rings is 1. The third-order valence-corrected chi connectivity index (χ3v) is 5.74. The van der Waals surface area contributed by atoms with Crippen molar-refractivity contribution in [3.63, 3.8) is 0 Å². The van der Waals surface area contributed by atoms with E-state index in [9.17, 15) is 14.0 Å². The van der Waals surface area contributed by atoms with Crippen LogP contribution in [-0.4, -0.2) is 48.9 Å². The molecule has 162 valence electrons. The molecule has 0 aliphatic carbocycles. The van der Waals surface area contributed by atoms with Gasteiger partial charge in [-0.1, -0.05) is 18.2 Å². The molecule has 7 heteroatoms. The molecule has 0 radical (unpaired) electrons. The van der Waals surface area contributed by atoms with Gasteiger partial charge in [0.15, 0.2) is 11.5 Å². The topological polar surface area (TPSA) is 59.1 Å². The summed E-state index contributed by atoms with van der Waals surface area (Å²) in [4.78, 5) is 30.1. The van der Waals surface area contributed by atoms with E-state index < -0.39 is 0 Å². The quantitative estimate of drug-likeness (QED) is 0.663. The van der Waals surface area contributed by atoms with Crippen molar-refractivity contribution in [1.29, 1.82) is 0 Å². The van der Waals surface area contributed by atoms with Crippen LogP contribution >= 0.6 is 0 Å². The molecule has 2 aliphatic rings. The van der Waals surface area contributed by atoms with Gasteiger partial charge in [0, 0.05) is 13.1 Å². The van der Waals surface area contributed by atoms with Crippen LogP contribution in [-0.2, 0) is 16.1 Å². The highest BCUT2D eigenvalue weighted by molar-refractivity contribution is 6.35. The number of carbonyl (C=O) groups is 2. The predicted molar refractivity (Wildman–Crippen MR) is 114 cm³/mol. The number of methoxy groups -OCH3 is 2. The molecule has 1 saturated heterocycles. The van der Waals surface area contributed by atoms with E-state index in [2.05, 4.69) is 0 Å². The van der Waals surface area contributed by atoms with Gasteiger partial charge < -0.3 is 14.4 Å². The Balaban J connectivity index is 1.70. The highest BCUT2D eigenvalue weighted by Crippen LogP contribution is 2.35. The van der Waals surface area contributed by atoms with E-state index in [4.69, 9.17) is 9.47 Å². The number of benzene rings is 2. The standard InChI is InChI=1S/C24H25FN2O4/c1-30-19-11-6-16(14-20(19)31-2)15-27-23(28)21(17-7-9-18(25)10-8-17)22(24(27)29)26-12-4-3-5-13-26/h6-11,14H,3-5,12-13,15H2,1-2H3. The van der Waals surface area contributed by atoms with Crippen molar-refractivity contribution in [3.8, 4) is 11.5 Å². The number of likely N-dealkylation sites (tertiary alicyclic amines) is 1. The van der Waals surface area contributed by atoms with Crippen molar-refractivity contribution in [1.82, 2.24) is 9.80 Å². The Labute approximate surface area is 180 Å². The number of carbonyl (C=O) groups excluding carboxylic acids is 2. The first-order chi connectivity index (χ1) is 15.0. The van der Waals surface area contributed by atoms with Crippen LogP contribution in [0.5, 0.6) is 11.5 Å². The molecular formula is C24H25FN2O4. The molecule has 0 saturated carbocycles. The van der Waals surface area contributed by atoms with Gasteiger partial charge in [0.1, 0.15) is 11.5 Å². The summed E-state index contributed by atoms with van der Waals surface area (Å²) in [5, 5.41) is 0. The zero-order valence-electron chi connectivity index (χ0n) is 17.7. The summed E-state index contributed by atoms with van der Waals surface area (Å²) in [5.74, 6) is 0.0299. The van der Waals surface area contributed by atoms with Crippen LogP contribution in [0.15, 0.2) is 48.2 Å². The lowest BCUT2D eigenvalue weighted by Gasteiger charge is -2.29. The third kappa shape index (κ3) is 4.00. The van der Waals surface area contributed by atoms with Gasteiger partial charge >= 0.3 is 0 Å². The fourth-order valence-electron chi connectivity index (χ4n) is 4.16. The minimum absolute atomic E-state index is 0.111. The highest BCUT2D eigenvalue weighted by Gasteiger charge is 2.41. The monoisotopic (exact) mass is 424 g/mol. The van der Waals surface area contributed by atoms with Crippen LogP contribution < -0.4 is 9.47 Å². The van der Waals surface area contributed by atoms with Crippen LogP contribution in [0.4, 0.5) is 4.39 Å². The number of hydrogen-bond acceptors (Lipinski definition) is 5. The first kappa shape index (κ1) is 20.9. The molecule has 2 amide bonds. The van der Waals surface area contributed by atoms with Crippen molar-refractivity contribution >= 4 is 17.4 Å². The Bertz CT molecular complexity index is 1030. The van der Waals surface area contributed by atoms with Gasteiger partial charge in [-0.3, -0.25) is 14.5 Å². The second kappa shape index (κ2) is 8.79. The molecule has 2 aromatic rings. The normalized spacial score (nSPS) is 16.9. The lowest BCUT2D eigenvalue weighted by atomic mass is 10.0. The molecule has 4 rings (SSSR count). The molecule has 0 bridgehead atoms. The van der Waals surface area contributed by atoms with Gasteiger partial charge in [-0.25, -0.2) is 4.39 Å². The Morgan fingerprint density at radius 1 is 0.871 bits per heavy atom. The maximum atomic E-state index is 13.5. The number of rotatable bonds is 6. The Hall–Kier alpha value is -3.35. The molecule has 2 aliphatic heterocycles. The van der Waals surface area contributed by atoms with E-state index in [1.54, 1.807) is 37.4 Å². The highest BCUT2D eigenvalue weighted by atomic mass is 19.1. The smallest absolute Gasteiger partial charge is 0.278 e. The maximum absolute atomic E-state index is 13.5. The van der Waals surface area contributed by atoms with Crippen LogP contribution in [0.2, 0.25) is 0 Å². The number of hydrogen-bond donors (Lipinski definition) is 0. The summed E-state index contributed by atoms with van der Waals surface area (Å²) in [7, 11) is 3.09. The van der Waals surface area contributed by atoms with Crippen LogP contribution in [0.1, 0.15) is 30.4 Å². The van der Waals surface area contributed by atoms with Gasteiger partial charge in [0.25, 0.3) is 11.8 Å². The summed E-state index contributed by atoms with van der Waals surface area (Å²) in [6, 6.07) is 11.0. The fourth-order valence-corrected chi connectivity index (χ4v) is 4.16. The number of imide groups is 1. The zero-order valence-corrected chi connectivity index (χ0v) is 17.7. The van der Waals surface area contributed by atoms with Crippen LogP contribution in [0.3, 0.4) is 0 Å². The first-order valence-electron chi connectivity index (χ1n) is 10.4. The summed E-state index contributed by atoms with van der Waals surface area (Å²) in [6.07, 6.45) is 3.04. The lowest BCUT2D eigenvalue weighted by Crippen LogP contribution is -2.36. The predicted octanol–water partition coefficient (Wildman–Crippen LogP) is 3.61. The Morgan fingerprint density at radius 2 is 1.55 bits per heavy atom. The minimum Gasteiger partial charge on any atom is -0.493 e. The SMILES string of the molecule is COc1ccc(CN2C(=O)C(c3ccc(F)cc3)=C(N3CCCCC3)C2=O)cc1OC. The van der Waals surface area contributed by atoms with E-state index in [0.29, 0.717) is 28.3 Å². The molecule has 2 aromatic carbocycles. The van der Waals surface area contributed by atoms with Crippen LogP contribution in [0.25, 0.3) is 5.57 Å². The summed E-state index contributed by atoms with van der Waals surface area (Å²) >= 11 is 0. The Morgan fingerprint density at radius 3 is 2.19 bits per heavy atom. The summed E-state index contributed by atoms with van der Waals surface area (Å²) in [5.41, 5.74) is 2.05. The van der Waals surface area contributed by atoms with Crippen molar-refractivity contribution in [2.45, 2.75) is 25.8 Å². The van der Waals surface area contributed by atoms with Gasteiger partial charge in [0.05, 0.1) is 26.3 Å². The molecule has 0 unspecified atom stereocenters. The van der Waals surface area contributed by atoms with E-state index in [-0.39, 0.29) is 24.2 Å². The van der Waals surface area contributed by atoms with Gasteiger partial charge in [-0.2, -0.15) is 0 Å². The van der Waals surface area contributed by atoms with E-state index in [0.717, 1.165) is 37.9 Å². The molecule has 0 atom stereocenters. The van der Waals surface area contributed by atoms with Gasteiger partial charge in [-0.05, 0) is 54.7 Å². The lowest BCUT2D eigenvalue weighted by molar-refractivity contribution is -0.138. The Kier molecular flexibility index (Phi) is 5.93. The molecule has 0 aromatic heterocycles. The number of ether oxygens (including phenoxy) is 2. The van der Waals surface area contributed by atoms with Crippen molar-refractivity contribution in [2.75, 3.05) is 27.3 Å². The van der Waals surface area contributed by atoms with Crippen LogP contribution in [0, 0.1) is 5.82 Å². The van der Waals surface area contributed by atoms with Gasteiger partial charge in [-0.15, -0.1) is 0 Å². The van der Waals surface area contributed by atoms with E-state index in [1.807, 2.05) is 4.90 Å². The van der Waals surface area contributed by atoms with Crippen molar-refractivity contribution in [2.24, 2.45) is 0 Å². The molecule has 1 fully saturated rings. The molecule has 0 spiro atoms. The zero-order chi connectivity index (χ0) is 22.0. The first-order valence-corrected chi connectivity index (χ1v) is 10.4. The minimum atomic E-state index is -0.386. The average Bonchev–Trinajstić information content (AvgIpc) is 3.04. The molecule has 0 N–H and O–H groups in total. The molecular weight excluding hydrogens is 399 g/mol. The number of nitrogens with zero attached hydrogens (tertiary/aromatic N) is 2. The molecule has 31 heavy (non-hydrogen) atoms. The summed E-state index contributed by atoms with van der Waals surface area (Å²) < 4.78 is 24.1. The van der Waals surface area contributed by atoms with Crippen molar-refractivity contribution in [3.05, 3.63) is 65.1 Å². The second-order valence-corrected chi connectivity index (χ2v) is 7.66. The van der Waals surface area contributed by atoms with Gasteiger partial charge in [0.2, 0.25) is 0 Å². The second-order valence-electron chi connectivity index (χ2n) is 7.66. The maximum Gasteiger partial charge on any atom is 0.278 e. The number of amides is 2. The van der Waals surface area contributed by atoms with Crippen molar-refractivity contribution < 1.29 is 23.5 Å². The summed E-state index contributed by atoms with van der Waals surface area (Å²) in [6.45, 7) is 1.56.